The Kier molecular flexibility index (Phi) is 9.42. The third kappa shape index (κ3) is 6.93. The number of carbonyl (C=O) groups is 1. The maximum absolute atomic E-state index is 12.9. The van der Waals surface area contributed by atoms with Gasteiger partial charge in [-0.3, -0.25) is 4.79 Å². The molecule has 1 spiro atoms. The van der Waals surface area contributed by atoms with Gasteiger partial charge in [0.05, 0.1) is 7.11 Å². The zero-order chi connectivity index (χ0) is 21.2. The van der Waals surface area contributed by atoms with Crippen LogP contribution in [0.3, 0.4) is 0 Å². The topological polar surface area (TPSA) is 29.5 Å². The fraction of sp³-hybridized carbons (Fsp3) is 0.731. The molecule has 3 rings (SSSR count). The third-order valence-electron chi connectivity index (χ3n) is 7.02. The van der Waals surface area contributed by atoms with E-state index in [0.717, 1.165) is 25.3 Å². The highest BCUT2D eigenvalue weighted by Crippen LogP contribution is 2.50. The zero-order valence-corrected chi connectivity index (χ0v) is 20.0. The van der Waals surface area contributed by atoms with Crippen LogP contribution in [0.25, 0.3) is 0 Å². The molecule has 1 amide bonds. The van der Waals surface area contributed by atoms with Gasteiger partial charge in [0.25, 0.3) is 0 Å². The lowest BCUT2D eigenvalue weighted by Gasteiger charge is -2.31. The van der Waals surface area contributed by atoms with Crippen molar-refractivity contribution in [1.82, 2.24) is 4.90 Å². The zero-order valence-electron chi connectivity index (χ0n) is 19.2. The number of methoxy groups -OCH3 is 1. The van der Waals surface area contributed by atoms with Gasteiger partial charge in [-0.25, -0.2) is 0 Å². The number of thioether (sulfide) groups is 1. The first-order valence-corrected chi connectivity index (χ1v) is 13.1. The average molecular weight is 432 g/mol. The molecular formula is C26H41NO2S. The summed E-state index contributed by atoms with van der Waals surface area (Å²) in [7, 11) is 1.69. The first-order valence-electron chi connectivity index (χ1n) is 12.2. The van der Waals surface area contributed by atoms with Crippen LogP contribution >= 0.6 is 11.8 Å². The molecule has 4 heteroatoms. The van der Waals surface area contributed by atoms with Gasteiger partial charge in [0.1, 0.15) is 5.75 Å². The number of hydrogen-bond acceptors (Lipinski definition) is 3. The van der Waals surface area contributed by atoms with Crippen molar-refractivity contribution in [2.24, 2.45) is 0 Å². The van der Waals surface area contributed by atoms with Gasteiger partial charge in [-0.15, -0.1) is 11.8 Å². The van der Waals surface area contributed by atoms with Crippen LogP contribution in [-0.2, 0) is 11.2 Å². The Hall–Kier alpha value is -1.16. The molecule has 2 aliphatic rings. The van der Waals surface area contributed by atoms with Crippen molar-refractivity contribution in [3.63, 3.8) is 0 Å². The third-order valence-corrected chi connectivity index (χ3v) is 8.85. The van der Waals surface area contributed by atoms with Gasteiger partial charge < -0.3 is 9.64 Å². The fourth-order valence-corrected chi connectivity index (χ4v) is 7.14. The van der Waals surface area contributed by atoms with Gasteiger partial charge >= 0.3 is 0 Å². The van der Waals surface area contributed by atoms with Gasteiger partial charge in [-0.05, 0) is 56.7 Å². The SMILES string of the molecule is CCN(CC1CCC2(CCCCCCCCC2)S1)C(=O)CCc1cccc(OC)c1. The molecule has 1 aliphatic heterocycles. The summed E-state index contributed by atoms with van der Waals surface area (Å²) >= 11 is 2.24. The molecule has 1 aromatic carbocycles. The molecular weight excluding hydrogens is 390 g/mol. The van der Waals surface area contributed by atoms with E-state index < -0.39 is 0 Å². The standard InChI is InChI=1S/C26H41NO2S/c1-3-27(25(28)15-14-22-12-11-13-23(20-22)29-2)21-24-16-19-26(30-24)17-9-7-5-4-6-8-10-18-26/h11-13,20,24H,3-10,14-19,21H2,1-2H3. The smallest absolute Gasteiger partial charge is 0.222 e. The first-order chi connectivity index (χ1) is 14.6. The maximum Gasteiger partial charge on any atom is 0.222 e. The Bertz CT molecular complexity index is 652. The van der Waals surface area contributed by atoms with Crippen molar-refractivity contribution in [2.45, 2.75) is 100 Å². The number of aryl methyl sites for hydroxylation is 1. The van der Waals surface area contributed by atoms with Gasteiger partial charge in [-0.1, -0.05) is 57.1 Å². The Morgan fingerprint density at radius 1 is 1.10 bits per heavy atom. The van der Waals surface area contributed by atoms with E-state index in [2.05, 4.69) is 29.7 Å². The molecule has 1 saturated carbocycles. The van der Waals surface area contributed by atoms with E-state index in [1.54, 1.807) is 7.11 Å². The van der Waals surface area contributed by atoms with Crippen LogP contribution in [0.5, 0.6) is 5.75 Å². The normalized spacial score (nSPS) is 22.0. The molecule has 1 heterocycles. The summed E-state index contributed by atoms with van der Waals surface area (Å²) in [6.07, 6.45) is 16.7. The summed E-state index contributed by atoms with van der Waals surface area (Å²) in [6.45, 7) is 3.88. The molecule has 2 fully saturated rings. The number of carbonyl (C=O) groups excluding carboxylic acids is 1. The van der Waals surface area contributed by atoms with Crippen LogP contribution in [0.1, 0.15) is 89.5 Å². The second-order valence-electron chi connectivity index (χ2n) is 9.22. The number of rotatable bonds is 7. The largest absolute Gasteiger partial charge is 0.497 e. The number of nitrogens with zero attached hydrogens (tertiary/aromatic N) is 1. The highest BCUT2D eigenvalue weighted by molar-refractivity contribution is 8.01. The lowest BCUT2D eigenvalue weighted by atomic mass is 9.88. The number of benzene rings is 1. The molecule has 0 aromatic heterocycles. The van der Waals surface area contributed by atoms with Crippen molar-refractivity contribution in [3.05, 3.63) is 29.8 Å². The predicted octanol–water partition coefficient (Wildman–Crippen LogP) is 6.64. The number of amides is 1. The second kappa shape index (κ2) is 12.0. The van der Waals surface area contributed by atoms with E-state index in [1.165, 1.54) is 76.2 Å². The first kappa shape index (κ1) is 23.5. The number of ether oxygens (including phenoxy) is 1. The Morgan fingerprint density at radius 3 is 2.47 bits per heavy atom. The fourth-order valence-electron chi connectivity index (χ4n) is 5.19. The van der Waals surface area contributed by atoms with Crippen LogP contribution < -0.4 is 4.74 Å². The molecule has 168 valence electrons. The van der Waals surface area contributed by atoms with E-state index in [4.69, 9.17) is 4.74 Å². The molecule has 1 unspecified atom stereocenters. The average Bonchev–Trinajstić information content (AvgIpc) is 3.17. The molecule has 1 aromatic rings. The molecule has 1 saturated heterocycles. The molecule has 30 heavy (non-hydrogen) atoms. The van der Waals surface area contributed by atoms with Crippen molar-refractivity contribution in [1.29, 1.82) is 0 Å². The van der Waals surface area contributed by atoms with Crippen molar-refractivity contribution < 1.29 is 9.53 Å². The van der Waals surface area contributed by atoms with Crippen LogP contribution in [0.2, 0.25) is 0 Å². The summed E-state index contributed by atoms with van der Waals surface area (Å²) in [5, 5.41) is 0.619. The van der Waals surface area contributed by atoms with Gasteiger partial charge in [0.2, 0.25) is 5.91 Å². The highest BCUT2D eigenvalue weighted by Gasteiger charge is 2.39. The Labute approximate surface area is 188 Å². The van der Waals surface area contributed by atoms with E-state index in [1.807, 2.05) is 18.2 Å². The van der Waals surface area contributed by atoms with Gasteiger partial charge in [0, 0.05) is 29.5 Å². The molecule has 0 radical (unpaired) electrons. The summed E-state index contributed by atoms with van der Waals surface area (Å²) < 4.78 is 5.81. The lowest BCUT2D eigenvalue weighted by molar-refractivity contribution is -0.131. The van der Waals surface area contributed by atoms with Crippen LogP contribution in [0, 0.1) is 0 Å². The summed E-state index contributed by atoms with van der Waals surface area (Å²) in [4.78, 5) is 15.0. The maximum atomic E-state index is 12.9. The van der Waals surface area contributed by atoms with E-state index in [0.29, 0.717) is 22.3 Å². The summed E-state index contributed by atoms with van der Waals surface area (Å²) in [6, 6.07) is 8.09. The Morgan fingerprint density at radius 2 is 1.80 bits per heavy atom. The van der Waals surface area contributed by atoms with Crippen LogP contribution in [-0.4, -0.2) is 41.0 Å². The lowest BCUT2D eigenvalue weighted by Crippen LogP contribution is -2.36. The minimum absolute atomic E-state index is 0.299. The quantitative estimate of drug-likeness (QED) is 0.485. The van der Waals surface area contributed by atoms with Crippen molar-refractivity contribution in [3.8, 4) is 5.75 Å². The predicted molar refractivity (Wildman–Crippen MR) is 128 cm³/mol. The molecule has 3 nitrogen and oxygen atoms in total. The van der Waals surface area contributed by atoms with E-state index in [-0.39, 0.29) is 0 Å². The van der Waals surface area contributed by atoms with Crippen molar-refractivity contribution >= 4 is 17.7 Å². The molecule has 1 aliphatic carbocycles. The molecule has 0 N–H and O–H groups in total. The van der Waals surface area contributed by atoms with Gasteiger partial charge in [0.15, 0.2) is 0 Å². The Balaban J connectivity index is 1.50. The van der Waals surface area contributed by atoms with Gasteiger partial charge in [-0.2, -0.15) is 0 Å². The molecule has 1 atom stereocenters. The highest BCUT2D eigenvalue weighted by atomic mass is 32.2. The van der Waals surface area contributed by atoms with E-state index >= 15 is 0 Å². The van der Waals surface area contributed by atoms with Crippen molar-refractivity contribution in [2.75, 3.05) is 20.2 Å². The van der Waals surface area contributed by atoms with E-state index in [9.17, 15) is 4.79 Å². The monoisotopic (exact) mass is 431 g/mol. The minimum atomic E-state index is 0.299. The minimum Gasteiger partial charge on any atom is -0.497 e. The molecule has 0 bridgehead atoms. The summed E-state index contributed by atoms with van der Waals surface area (Å²) in [5.41, 5.74) is 1.18. The number of hydrogen-bond donors (Lipinski definition) is 0. The second-order valence-corrected chi connectivity index (χ2v) is 11.0. The van der Waals surface area contributed by atoms with Crippen LogP contribution in [0.4, 0.5) is 0 Å². The summed E-state index contributed by atoms with van der Waals surface area (Å²) in [5.74, 6) is 1.17. The van der Waals surface area contributed by atoms with Crippen LogP contribution in [0.15, 0.2) is 24.3 Å².